The molecule has 0 bridgehead atoms. The van der Waals surface area contributed by atoms with Crippen molar-refractivity contribution in [3.05, 3.63) is 42.0 Å². The number of carbonyl (C=O) groups excluding carboxylic acids is 2. The molecule has 8 heteroatoms. The lowest BCUT2D eigenvalue weighted by Gasteiger charge is -2.41. The number of amides is 2. The van der Waals surface area contributed by atoms with Crippen LogP contribution in [0.25, 0.3) is 0 Å². The molecule has 2 heterocycles. The van der Waals surface area contributed by atoms with Crippen LogP contribution in [-0.2, 0) is 14.3 Å². The van der Waals surface area contributed by atoms with Crippen molar-refractivity contribution in [2.45, 2.75) is 70.2 Å². The minimum atomic E-state index is -0.463. The largest absolute Gasteiger partial charge is 0.487 e. The lowest BCUT2D eigenvalue weighted by molar-refractivity contribution is -0.132. The summed E-state index contributed by atoms with van der Waals surface area (Å²) in [7, 11) is 1.61. The number of hydrogen-bond acceptors (Lipinski definition) is 5. The molecule has 1 aromatic rings. The van der Waals surface area contributed by atoms with Gasteiger partial charge in [-0.05, 0) is 46.1 Å². The van der Waals surface area contributed by atoms with E-state index < -0.39 is 5.54 Å². The number of rotatable bonds is 7. The number of hydrogen-bond donors (Lipinski definition) is 3. The highest BCUT2D eigenvalue weighted by Crippen LogP contribution is 2.46. The first-order valence-electron chi connectivity index (χ1n) is 11.9. The quantitative estimate of drug-likeness (QED) is 0.534. The molecule has 2 amide bonds. The molecule has 184 valence electrons. The first-order valence-corrected chi connectivity index (χ1v) is 11.9. The first-order chi connectivity index (χ1) is 16.0. The van der Waals surface area contributed by atoms with E-state index in [4.69, 9.17) is 14.9 Å². The van der Waals surface area contributed by atoms with Gasteiger partial charge in [0.25, 0.3) is 0 Å². The molecule has 1 saturated carbocycles. The van der Waals surface area contributed by atoms with Crippen molar-refractivity contribution in [3.63, 3.8) is 0 Å². The van der Waals surface area contributed by atoms with Gasteiger partial charge in [0.15, 0.2) is 5.96 Å². The third kappa shape index (κ3) is 5.12. The minimum absolute atomic E-state index is 0.0167. The molecule has 1 aromatic carbocycles. The van der Waals surface area contributed by atoms with E-state index in [1.54, 1.807) is 7.11 Å². The highest BCUT2D eigenvalue weighted by atomic mass is 16.5. The fraction of sp³-hybridized carbons (Fsp3) is 0.577. The van der Waals surface area contributed by atoms with Crippen molar-refractivity contribution in [2.75, 3.05) is 13.7 Å². The topological polar surface area (TPSA) is 104 Å². The summed E-state index contributed by atoms with van der Waals surface area (Å²) in [6.07, 6.45) is 5.40. The zero-order chi connectivity index (χ0) is 24.7. The van der Waals surface area contributed by atoms with Crippen LogP contribution >= 0.6 is 0 Å². The van der Waals surface area contributed by atoms with Crippen LogP contribution in [0.5, 0.6) is 5.75 Å². The zero-order valence-corrected chi connectivity index (χ0v) is 20.7. The van der Waals surface area contributed by atoms with E-state index >= 15 is 0 Å². The molecule has 1 aliphatic carbocycles. The Balaban J connectivity index is 1.50. The molecule has 2 aliphatic heterocycles. The van der Waals surface area contributed by atoms with Crippen LogP contribution in [0.2, 0.25) is 0 Å². The summed E-state index contributed by atoms with van der Waals surface area (Å²) in [6, 6.07) is 7.33. The van der Waals surface area contributed by atoms with Crippen LogP contribution in [0.4, 0.5) is 0 Å². The predicted octanol–water partition coefficient (Wildman–Crippen LogP) is 3.15. The van der Waals surface area contributed by atoms with Gasteiger partial charge in [0.05, 0.1) is 18.7 Å². The summed E-state index contributed by atoms with van der Waals surface area (Å²) >= 11 is 0. The molecule has 0 aromatic heterocycles. The molecule has 2 unspecified atom stereocenters. The predicted molar refractivity (Wildman–Crippen MR) is 129 cm³/mol. The summed E-state index contributed by atoms with van der Waals surface area (Å²) in [5.74, 6) is 0.496. The maximum absolute atomic E-state index is 13.3. The molecular weight excluding hydrogens is 432 g/mol. The average Bonchev–Trinajstić information content (AvgIpc) is 3.51. The van der Waals surface area contributed by atoms with Gasteiger partial charge in [0, 0.05) is 37.0 Å². The molecule has 0 spiro atoms. The van der Waals surface area contributed by atoms with Crippen LogP contribution in [0, 0.1) is 17.2 Å². The average molecular weight is 469 g/mol. The lowest BCUT2D eigenvalue weighted by atomic mass is 9.89. The van der Waals surface area contributed by atoms with E-state index in [0.717, 1.165) is 11.3 Å². The summed E-state index contributed by atoms with van der Waals surface area (Å²) in [5.41, 5.74) is 0.145. The number of methoxy groups -OCH3 is 1. The molecule has 2 fully saturated rings. The number of carbonyl (C=O) groups is 2. The second-order valence-corrected chi connectivity index (χ2v) is 10.8. The van der Waals surface area contributed by atoms with E-state index in [1.807, 2.05) is 64.1 Å². The van der Waals surface area contributed by atoms with Gasteiger partial charge in [0.1, 0.15) is 11.4 Å². The number of fused-ring (bicyclic) bond motifs is 1. The normalized spacial score (nSPS) is 28.0. The van der Waals surface area contributed by atoms with Gasteiger partial charge >= 0.3 is 0 Å². The van der Waals surface area contributed by atoms with Gasteiger partial charge in [-0.15, -0.1) is 0 Å². The van der Waals surface area contributed by atoms with E-state index in [1.165, 1.54) is 4.90 Å². The maximum Gasteiger partial charge on any atom is 0.232 e. The number of ether oxygens (including phenoxy) is 2. The summed E-state index contributed by atoms with van der Waals surface area (Å²) in [6.45, 7) is 8.28. The fourth-order valence-electron chi connectivity index (χ4n) is 5.14. The number of para-hydroxylation sites is 1. The van der Waals surface area contributed by atoms with Crippen molar-refractivity contribution < 1.29 is 19.1 Å². The molecule has 1 saturated heterocycles. The van der Waals surface area contributed by atoms with Crippen LogP contribution in [0.3, 0.4) is 0 Å². The van der Waals surface area contributed by atoms with Gasteiger partial charge in [-0.3, -0.25) is 19.9 Å². The Morgan fingerprint density at radius 1 is 1.35 bits per heavy atom. The van der Waals surface area contributed by atoms with E-state index in [9.17, 15) is 9.59 Å². The lowest BCUT2D eigenvalue weighted by Crippen LogP contribution is -2.62. The molecular formula is C26H36N4O4. The summed E-state index contributed by atoms with van der Waals surface area (Å²) < 4.78 is 11.2. The van der Waals surface area contributed by atoms with Gasteiger partial charge in [0.2, 0.25) is 11.8 Å². The minimum Gasteiger partial charge on any atom is -0.487 e. The van der Waals surface area contributed by atoms with Crippen molar-refractivity contribution in [1.29, 1.82) is 5.41 Å². The van der Waals surface area contributed by atoms with Gasteiger partial charge in [-0.25, -0.2) is 0 Å². The Kier molecular flexibility index (Phi) is 6.46. The first kappa shape index (κ1) is 24.3. The number of nitrogens with one attached hydrogen (secondary N) is 3. The third-order valence-corrected chi connectivity index (χ3v) is 6.76. The van der Waals surface area contributed by atoms with Crippen molar-refractivity contribution in [2.24, 2.45) is 11.8 Å². The maximum atomic E-state index is 13.3. The van der Waals surface area contributed by atoms with Crippen LogP contribution < -0.4 is 15.4 Å². The van der Waals surface area contributed by atoms with E-state index in [-0.39, 0.29) is 47.3 Å². The zero-order valence-electron chi connectivity index (χ0n) is 20.7. The second-order valence-electron chi connectivity index (χ2n) is 10.8. The van der Waals surface area contributed by atoms with Gasteiger partial charge in [-0.2, -0.15) is 0 Å². The number of benzene rings is 1. The van der Waals surface area contributed by atoms with Crippen molar-refractivity contribution >= 4 is 17.8 Å². The van der Waals surface area contributed by atoms with Crippen molar-refractivity contribution in [1.82, 2.24) is 15.5 Å². The smallest absolute Gasteiger partial charge is 0.232 e. The molecule has 3 N–H and O–H groups in total. The summed E-state index contributed by atoms with van der Waals surface area (Å²) in [5, 5.41) is 14.9. The molecule has 34 heavy (non-hydrogen) atoms. The Morgan fingerprint density at radius 3 is 2.79 bits per heavy atom. The van der Waals surface area contributed by atoms with E-state index in [0.29, 0.717) is 25.9 Å². The van der Waals surface area contributed by atoms with Gasteiger partial charge in [-0.1, -0.05) is 30.4 Å². The molecule has 0 radical (unpaired) electrons. The van der Waals surface area contributed by atoms with Crippen molar-refractivity contribution in [3.8, 4) is 5.75 Å². The Labute approximate surface area is 201 Å². The Morgan fingerprint density at radius 2 is 2.09 bits per heavy atom. The summed E-state index contributed by atoms with van der Waals surface area (Å²) in [4.78, 5) is 27.8. The molecule has 8 nitrogen and oxygen atoms in total. The molecule has 4 rings (SSSR count). The fourth-order valence-corrected chi connectivity index (χ4v) is 5.14. The monoisotopic (exact) mass is 468 g/mol. The standard InChI is InChI=1S/C26H36N4O4/c1-25(2)15-22(31)30(24(27)29-25)20(10-8-12-33-5)17-13-18(17)23(32)28-19-14-26(3,4)34-21-11-7-6-9-16(19)21/h6-11,17-20H,12-15H2,1-5H3,(H2,27,29)(H,28,32)/b10-8+/t17-,18-,19?,20?/m1/s1. The van der Waals surface area contributed by atoms with Crippen LogP contribution in [-0.4, -0.2) is 53.6 Å². The van der Waals surface area contributed by atoms with Crippen LogP contribution in [0.15, 0.2) is 36.4 Å². The number of guanidine groups is 1. The molecule has 3 aliphatic rings. The Hall–Kier alpha value is -2.87. The highest BCUT2D eigenvalue weighted by molar-refractivity contribution is 6.00. The van der Waals surface area contributed by atoms with Crippen LogP contribution in [0.1, 0.15) is 58.6 Å². The van der Waals surface area contributed by atoms with E-state index in [2.05, 4.69) is 10.6 Å². The number of nitrogens with zero attached hydrogens (tertiary/aromatic N) is 1. The molecule has 4 atom stereocenters. The van der Waals surface area contributed by atoms with Gasteiger partial charge < -0.3 is 20.1 Å². The second kappa shape index (κ2) is 9.06. The highest BCUT2D eigenvalue weighted by Gasteiger charge is 2.52. The third-order valence-electron chi connectivity index (χ3n) is 6.76. The Bertz CT molecular complexity index is 982. The SMILES string of the molecule is COC/C=C/C([C@@H]1C[C@H]1C(=O)NC1CC(C)(C)Oc2ccccc21)N1C(=N)NC(C)(C)CC1=O.